The summed E-state index contributed by atoms with van der Waals surface area (Å²) in [4.78, 5) is 9.08. The smallest absolute Gasteiger partial charge is 0.241 e. The van der Waals surface area contributed by atoms with Gasteiger partial charge in [0.25, 0.3) is 0 Å². The van der Waals surface area contributed by atoms with E-state index in [4.69, 9.17) is 14.0 Å². The lowest BCUT2D eigenvalue weighted by Crippen LogP contribution is -2.39. The molecule has 1 aromatic carbocycles. The Morgan fingerprint density at radius 2 is 2.07 bits per heavy atom. The van der Waals surface area contributed by atoms with E-state index in [1.807, 2.05) is 30.3 Å². The fraction of sp³-hybridized carbons (Fsp3) is 0.429. The van der Waals surface area contributed by atoms with Gasteiger partial charge in [-0.2, -0.15) is 10.1 Å². The molecule has 0 N–H and O–H groups in total. The number of ether oxygens (including phenoxy) is 2. The predicted octanol–water partition coefficient (Wildman–Crippen LogP) is 2.64. The molecule has 9 nitrogen and oxygen atoms in total. The minimum Gasteiger partial charge on any atom is -0.493 e. The Morgan fingerprint density at radius 1 is 1.20 bits per heavy atom. The van der Waals surface area contributed by atoms with E-state index in [2.05, 4.69) is 37.2 Å². The number of likely N-dealkylation sites (N-methyl/N-ethyl adjacent to an activating group) is 1. The highest BCUT2D eigenvalue weighted by Crippen LogP contribution is 2.31. The summed E-state index contributed by atoms with van der Waals surface area (Å²) < 4.78 is 16.1. The molecule has 0 spiro atoms. The van der Waals surface area contributed by atoms with Crippen molar-refractivity contribution in [2.45, 2.75) is 25.4 Å². The van der Waals surface area contributed by atoms with Crippen LogP contribution in [0, 0.1) is 0 Å². The zero-order valence-corrected chi connectivity index (χ0v) is 17.5. The van der Waals surface area contributed by atoms with Crippen LogP contribution >= 0.6 is 0 Å². The van der Waals surface area contributed by atoms with Crippen molar-refractivity contribution in [2.75, 3.05) is 39.3 Å². The molecule has 3 aromatic rings. The van der Waals surface area contributed by atoms with Crippen molar-refractivity contribution >= 4 is 5.82 Å². The van der Waals surface area contributed by atoms with E-state index in [0.717, 1.165) is 37.3 Å². The topological polar surface area (TPSA) is 89.6 Å². The van der Waals surface area contributed by atoms with Gasteiger partial charge in [0.1, 0.15) is 0 Å². The largest absolute Gasteiger partial charge is 0.493 e. The standard InChI is InChI=1S/C21H26N6O3/c1-26(13-16-6-5-11-27(16)19-7-4-10-22-24-19)14-20-23-21(25-30-20)15-8-9-17(28-2)18(12-15)29-3/h4,7-10,12,16H,5-6,11,13-14H2,1-3H3. The first-order chi connectivity index (χ1) is 14.7. The molecule has 9 heteroatoms. The fourth-order valence-electron chi connectivity index (χ4n) is 3.84. The van der Waals surface area contributed by atoms with Crippen molar-refractivity contribution in [3.8, 4) is 22.9 Å². The second kappa shape index (κ2) is 9.08. The van der Waals surface area contributed by atoms with Gasteiger partial charge < -0.3 is 18.9 Å². The number of anilines is 1. The maximum Gasteiger partial charge on any atom is 0.241 e. The number of nitrogens with zero attached hydrogens (tertiary/aromatic N) is 6. The van der Waals surface area contributed by atoms with Crippen LogP contribution in [0.15, 0.2) is 41.1 Å². The lowest BCUT2D eigenvalue weighted by atomic mass is 10.2. The first-order valence-corrected chi connectivity index (χ1v) is 9.96. The number of aromatic nitrogens is 4. The number of rotatable bonds is 8. The monoisotopic (exact) mass is 410 g/mol. The lowest BCUT2D eigenvalue weighted by Gasteiger charge is -2.28. The summed E-state index contributed by atoms with van der Waals surface area (Å²) in [5, 5.41) is 12.4. The van der Waals surface area contributed by atoms with Gasteiger partial charge in [0.05, 0.1) is 20.8 Å². The Balaban J connectivity index is 1.40. The molecule has 1 aliphatic rings. The van der Waals surface area contributed by atoms with Crippen molar-refractivity contribution in [1.29, 1.82) is 0 Å². The number of methoxy groups -OCH3 is 2. The van der Waals surface area contributed by atoms with E-state index in [0.29, 0.717) is 35.8 Å². The molecule has 158 valence electrons. The third kappa shape index (κ3) is 4.35. The van der Waals surface area contributed by atoms with Gasteiger partial charge in [-0.25, -0.2) is 0 Å². The van der Waals surface area contributed by atoms with Crippen LogP contribution in [-0.4, -0.2) is 65.6 Å². The van der Waals surface area contributed by atoms with Gasteiger partial charge in [0, 0.05) is 30.9 Å². The van der Waals surface area contributed by atoms with Crippen molar-refractivity contribution in [1.82, 2.24) is 25.2 Å². The number of hydrogen-bond acceptors (Lipinski definition) is 9. The molecule has 0 bridgehead atoms. The van der Waals surface area contributed by atoms with Crippen LogP contribution in [0.2, 0.25) is 0 Å². The molecule has 0 saturated carbocycles. The van der Waals surface area contributed by atoms with Gasteiger partial charge in [-0.1, -0.05) is 5.16 Å². The van der Waals surface area contributed by atoms with Gasteiger partial charge in [-0.3, -0.25) is 4.90 Å². The quantitative estimate of drug-likeness (QED) is 0.556. The van der Waals surface area contributed by atoms with Crippen LogP contribution in [0.5, 0.6) is 11.5 Å². The summed E-state index contributed by atoms with van der Waals surface area (Å²) >= 11 is 0. The normalized spacial score (nSPS) is 16.3. The first kappa shape index (κ1) is 20.1. The first-order valence-electron chi connectivity index (χ1n) is 9.96. The van der Waals surface area contributed by atoms with Crippen LogP contribution in [0.25, 0.3) is 11.4 Å². The summed E-state index contributed by atoms with van der Waals surface area (Å²) in [7, 11) is 5.27. The Labute approximate surface area is 175 Å². The second-order valence-electron chi connectivity index (χ2n) is 7.35. The Kier molecular flexibility index (Phi) is 6.08. The molecule has 1 atom stereocenters. The lowest BCUT2D eigenvalue weighted by molar-refractivity contribution is 0.254. The number of hydrogen-bond donors (Lipinski definition) is 0. The molecule has 1 saturated heterocycles. The molecule has 30 heavy (non-hydrogen) atoms. The zero-order chi connectivity index (χ0) is 20.9. The van der Waals surface area contributed by atoms with Crippen LogP contribution in [-0.2, 0) is 6.54 Å². The van der Waals surface area contributed by atoms with Gasteiger partial charge in [0.2, 0.25) is 11.7 Å². The average Bonchev–Trinajstić information content (AvgIpc) is 3.43. The maximum absolute atomic E-state index is 5.48. The molecule has 2 aromatic heterocycles. The average molecular weight is 410 g/mol. The minimum absolute atomic E-state index is 0.389. The van der Waals surface area contributed by atoms with Crippen molar-refractivity contribution in [2.24, 2.45) is 0 Å². The van der Waals surface area contributed by atoms with E-state index in [9.17, 15) is 0 Å². The predicted molar refractivity (Wildman–Crippen MR) is 112 cm³/mol. The molecule has 4 rings (SSSR count). The zero-order valence-electron chi connectivity index (χ0n) is 17.5. The summed E-state index contributed by atoms with van der Waals surface area (Å²) in [6.07, 6.45) is 3.98. The second-order valence-corrected chi connectivity index (χ2v) is 7.35. The summed E-state index contributed by atoms with van der Waals surface area (Å²) in [6.45, 7) is 2.46. The molecule has 0 aliphatic carbocycles. The van der Waals surface area contributed by atoms with Crippen LogP contribution in [0.3, 0.4) is 0 Å². The molecule has 0 amide bonds. The molecular formula is C21H26N6O3. The van der Waals surface area contributed by atoms with E-state index < -0.39 is 0 Å². The van der Waals surface area contributed by atoms with Crippen molar-refractivity contribution in [3.05, 3.63) is 42.4 Å². The Hall–Kier alpha value is -3.20. The Bertz CT molecular complexity index is 964. The third-order valence-corrected chi connectivity index (χ3v) is 5.27. The highest BCUT2D eigenvalue weighted by molar-refractivity contribution is 5.60. The van der Waals surface area contributed by atoms with E-state index in [1.165, 1.54) is 0 Å². The van der Waals surface area contributed by atoms with E-state index in [-0.39, 0.29) is 0 Å². The molecule has 1 unspecified atom stereocenters. The van der Waals surface area contributed by atoms with E-state index in [1.54, 1.807) is 20.4 Å². The van der Waals surface area contributed by atoms with Crippen LogP contribution in [0.4, 0.5) is 5.82 Å². The summed E-state index contributed by atoms with van der Waals surface area (Å²) in [5.74, 6) is 3.33. The fourth-order valence-corrected chi connectivity index (χ4v) is 3.84. The molecule has 1 fully saturated rings. The molecular weight excluding hydrogens is 384 g/mol. The minimum atomic E-state index is 0.389. The summed E-state index contributed by atoms with van der Waals surface area (Å²) in [6, 6.07) is 9.89. The molecule has 1 aliphatic heterocycles. The highest BCUT2D eigenvalue weighted by atomic mass is 16.5. The maximum atomic E-state index is 5.48. The summed E-state index contributed by atoms with van der Waals surface area (Å²) in [5.41, 5.74) is 0.815. The van der Waals surface area contributed by atoms with Crippen molar-refractivity contribution < 1.29 is 14.0 Å². The van der Waals surface area contributed by atoms with Crippen LogP contribution in [0.1, 0.15) is 18.7 Å². The third-order valence-electron chi connectivity index (χ3n) is 5.27. The van der Waals surface area contributed by atoms with Gasteiger partial charge >= 0.3 is 0 Å². The van der Waals surface area contributed by atoms with Gasteiger partial charge in [0.15, 0.2) is 17.3 Å². The van der Waals surface area contributed by atoms with E-state index >= 15 is 0 Å². The van der Waals surface area contributed by atoms with Gasteiger partial charge in [-0.15, -0.1) is 5.10 Å². The number of benzene rings is 1. The Morgan fingerprint density at radius 3 is 2.83 bits per heavy atom. The SMILES string of the molecule is COc1ccc(-c2noc(CN(C)CC3CCCN3c3cccnn3)n2)cc1OC. The highest BCUT2D eigenvalue weighted by Gasteiger charge is 2.27. The van der Waals surface area contributed by atoms with Crippen LogP contribution < -0.4 is 14.4 Å². The van der Waals surface area contributed by atoms with Crippen molar-refractivity contribution in [3.63, 3.8) is 0 Å². The molecule has 3 heterocycles. The molecule has 0 radical (unpaired) electrons. The van der Waals surface area contributed by atoms with Gasteiger partial charge in [-0.05, 0) is 50.2 Å².